The van der Waals surface area contributed by atoms with E-state index in [0.717, 1.165) is 18.7 Å². The first-order valence-electron chi connectivity index (χ1n) is 6.74. The van der Waals surface area contributed by atoms with Crippen molar-refractivity contribution in [2.45, 2.75) is 44.6 Å². The molecule has 1 nitrogen and oxygen atoms in total. The van der Waals surface area contributed by atoms with Crippen LogP contribution in [0.15, 0.2) is 41.3 Å². The number of nitrogens with one attached hydrogen (secondary N) is 1. The highest BCUT2D eigenvalue weighted by Crippen LogP contribution is 2.22. The van der Waals surface area contributed by atoms with Crippen LogP contribution in [0.1, 0.15) is 45.2 Å². The minimum absolute atomic E-state index is 0.444. The van der Waals surface area contributed by atoms with Crippen molar-refractivity contribution in [1.29, 1.82) is 0 Å². The third-order valence-corrected chi connectivity index (χ3v) is 3.89. The minimum Gasteiger partial charge on any atom is -0.310 e. The summed E-state index contributed by atoms with van der Waals surface area (Å²) in [4.78, 5) is 1.35. The van der Waals surface area contributed by atoms with Gasteiger partial charge in [0.2, 0.25) is 0 Å². The van der Waals surface area contributed by atoms with Crippen LogP contribution in [0.4, 0.5) is 0 Å². The van der Waals surface area contributed by atoms with E-state index in [0.29, 0.717) is 6.04 Å². The maximum Gasteiger partial charge on any atom is 0.0291 e. The van der Waals surface area contributed by atoms with E-state index in [1.807, 2.05) is 11.8 Å². The Labute approximate surface area is 116 Å². The summed E-state index contributed by atoms with van der Waals surface area (Å²) < 4.78 is 0. The number of thioether (sulfide) groups is 1. The van der Waals surface area contributed by atoms with Crippen molar-refractivity contribution < 1.29 is 0 Å². The van der Waals surface area contributed by atoms with Gasteiger partial charge in [-0.05, 0) is 50.9 Å². The average molecular weight is 263 g/mol. The molecule has 0 bridgehead atoms. The van der Waals surface area contributed by atoms with Crippen molar-refractivity contribution in [3.05, 3.63) is 42.0 Å². The predicted molar refractivity (Wildman–Crippen MR) is 83.3 cm³/mol. The van der Waals surface area contributed by atoms with Crippen molar-refractivity contribution in [3.63, 3.8) is 0 Å². The fourth-order valence-electron chi connectivity index (χ4n) is 1.67. The highest BCUT2D eigenvalue weighted by Gasteiger charge is 2.03. The first-order valence-corrected chi connectivity index (χ1v) is 7.72. The van der Waals surface area contributed by atoms with Crippen molar-refractivity contribution in [3.8, 4) is 0 Å². The number of hydrogen-bond acceptors (Lipinski definition) is 2. The molecule has 1 unspecified atom stereocenters. The Kier molecular flexibility index (Phi) is 7.14. The standard InChI is InChI=1S/C16H25NS/c1-5-11-17-14(4)15-6-8-16(9-7-15)18-12-10-13(2)3/h6-9,14,17H,2,5,10-12H2,1,3-4H3. The smallest absolute Gasteiger partial charge is 0.0291 e. The molecular weight excluding hydrogens is 238 g/mol. The number of allylic oxidation sites excluding steroid dienone is 1. The fraction of sp³-hybridized carbons (Fsp3) is 0.500. The van der Waals surface area contributed by atoms with Crippen molar-refractivity contribution in [2.24, 2.45) is 0 Å². The van der Waals surface area contributed by atoms with Crippen LogP contribution in [-0.2, 0) is 0 Å². The third kappa shape index (κ3) is 5.74. The summed E-state index contributed by atoms with van der Waals surface area (Å²) in [6.45, 7) is 11.5. The second-order valence-corrected chi connectivity index (χ2v) is 5.97. The van der Waals surface area contributed by atoms with Gasteiger partial charge in [-0.3, -0.25) is 0 Å². The van der Waals surface area contributed by atoms with Gasteiger partial charge in [-0.15, -0.1) is 18.3 Å². The summed E-state index contributed by atoms with van der Waals surface area (Å²) in [5.74, 6) is 1.12. The first-order chi connectivity index (χ1) is 8.63. The molecular formula is C16H25NS. The molecule has 1 atom stereocenters. The lowest BCUT2D eigenvalue weighted by molar-refractivity contribution is 0.570. The van der Waals surface area contributed by atoms with Gasteiger partial charge in [0.25, 0.3) is 0 Å². The van der Waals surface area contributed by atoms with E-state index in [2.05, 4.69) is 56.9 Å². The van der Waals surface area contributed by atoms with Gasteiger partial charge < -0.3 is 5.32 Å². The van der Waals surface area contributed by atoms with Crippen LogP contribution in [0, 0.1) is 0 Å². The summed E-state index contributed by atoms with van der Waals surface area (Å²) in [5.41, 5.74) is 2.63. The summed E-state index contributed by atoms with van der Waals surface area (Å²) in [5, 5.41) is 3.51. The van der Waals surface area contributed by atoms with E-state index in [-0.39, 0.29) is 0 Å². The Balaban J connectivity index is 2.44. The molecule has 2 heteroatoms. The van der Waals surface area contributed by atoms with E-state index in [1.165, 1.54) is 22.5 Å². The molecule has 1 aromatic rings. The number of benzene rings is 1. The van der Waals surface area contributed by atoms with Crippen molar-refractivity contribution in [1.82, 2.24) is 5.32 Å². The lowest BCUT2D eigenvalue weighted by Crippen LogP contribution is -2.19. The van der Waals surface area contributed by atoms with Crippen LogP contribution in [-0.4, -0.2) is 12.3 Å². The Bertz CT molecular complexity index is 356. The molecule has 0 heterocycles. The largest absolute Gasteiger partial charge is 0.310 e. The zero-order valence-corrected chi connectivity index (χ0v) is 12.6. The van der Waals surface area contributed by atoms with Crippen LogP contribution < -0.4 is 5.32 Å². The van der Waals surface area contributed by atoms with Crippen molar-refractivity contribution >= 4 is 11.8 Å². The zero-order valence-electron chi connectivity index (χ0n) is 11.8. The van der Waals surface area contributed by atoms with E-state index >= 15 is 0 Å². The summed E-state index contributed by atoms with van der Waals surface area (Å²) in [7, 11) is 0. The summed E-state index contributed by atoms with van der Waals surface area (Å²) in [6, 6.07) is 9.36. The molecule has 1 rings (SSSR count). The summed E-state index contributed by atoms with van der Waals surface area (Å²) >= 11 is 1.91. The molecule has 1 aromatic carbocycles. The van der Waals surface area contributed by atoms with Gasteiger partial charge in [0.15, 0.2) is 0 Å². The molecule has 0 spiro atoms. The molecule has 0 aromatic heterocycles. The lowest BCUT2D eigenvalue weighted by Gasteiger charge is -2.14. The second-order valence-electron chi connectivity index (χ2n) is 4.80. The van der Waals surface area contributed by atoms with E-state index < -0.39 is 0 Å². The molecule has 18 heavy (non-hydrogen) atoms. The Hall–Kier alpha value is -0.730. The zero-order chi connectivity index (χ0) is 13.4. The normalized spacial score (nSPS) is 12.4. The van der Waals surface area contributed by atoms with Crippen molar-refractivity contribution in [2.75, 3.05) is 12.3 Å². The summed E-state index contributed by atoms with van der Waals surface area (Å²) in [6.07, 6.45) is 2.28. The highest BCUT2D eigenvalue weighted by molar-refractivity contribution is 7.99. The van der Waals surface area contributed by atoms with Crippen LogP contribution in [0.3, 0.4) is 0 Å². The Morgan fingerprint density at radius 3 is 2.56 bits per heavy atom. The number of hydrogen-bond donors (Lipinski definition) is 1. The molecule has 0 aliphatic heterocycles. The van der Waals surface area contributed by atoms with Gasteiger partial charge in [-0.1, -0.05) is 24.6 Å². The predicted octanol–water partition coefficient (Wildman–Crippen LogP) is 4.81. The number of rotatable bonds is 8. The minimum atomic E-state index is 0.444. The molecule has 0 aliphatic rings. The monoisotopic (exact) mass is 263 g/mol. The lowest BCUT2D eigenvalue weighted by atomic mass is 10.1. The van der Waals surface area contributed by atoms with Crippen LogP contribution in [0.5, 0.6) is 0 Å². The second kappa shape index (κ2) is 8.39. The SMILES string of the molecule is C=C(C)CCSc1ccc(C(C)NCCC)cc1. The molecule has 0 aliphatic carbocycles. The molecule has 0 fully saturated rings. The molecule has 1 N–H and O–H groups in total. The van der Waals surface area contributed by atoms with E-state index in [9.17, 15) is 0 Å². The van der Waals surface area contributed by atoms with Crippen LogP contribution in [0.2, 0.25) is 0 Å². The Morgan fingerprint density at radius 2 is 2.00 bits per heavy atom. The molecule has 0 saturated heterocycles. The first kappa shape index (κ1) is 15.3. The molecule has 100 valence electrons. The van der Waals surface area contributed by atoms with Gasteiger partial charge in [0, 0.05) is 16.7 Å². The average Bonchev–Trinajstić information content (AvgIpc) is 2.36. The fourth-order valence-corrected chi connectivity index (χ4v) is 2.69. The topological polar surface area (TPSA) is 12.0 Å². The van der Waals surface area contributed by atoms with Gasteiger partial charge in [0.1, 0.15) is 0 Å². The Morgan fingerprint density at radius 1 is 1.33 bits per heavy atom. The maximum atomic E-state index is 3.93. The van der Waals surface area contributed by atoms with Gasteiger partial charge in [-0.2, -0.15) is 0 Å². The van der Waals surface area contributed by atoms with Gasteiger partial charge in [-0.25, -0.2) is 0 Å². The molecule has 0 amide bonds. The third-order valence-electron chi connectivity index (χ3n) is 2.88. The molecule has 0 saturated carbocycles. The van der Waals surface area contributed by atoms with Gasteiger partial charge in [0.05, 0.1) is 0 Å². The quantitative estimate of drug-likeness (QED) is 0.534. The van der Waals surface area contributed by atoms with E-state index in [4.69, 9.17) is 0 Å². The highest BCUT2D eigenvalue weighted by atomic mass is 32.2. The maximum absolute atomic E-state index is 3.93. The van der Waals surface area contributed by atoms with E-state index in [1.54, 1.807) is 0 Å². The van der Waals surface area contributed by atoms with Crippen LogP contribution >= 0.6 is 11.8 Å². The van der Waals surface area contributed by atoms with Crippen LogP contribution in [0.25, 0.3) is 0 Å². The van der Waals surface area contributed by atoms with Gasteiger partial charge >= 0.3 is 0 Å². The molecule has 0 radical (unpaired) electrons.